The van der Waals surface area contributed by atoms with Crippen LogP contribution in [0.1, 0.15) is 239 Å². The Morgan fingerprint density at radius 3 is 1.16 bits per heavy atom. The molecule has 3 N–H and O–H groups in total. The summed E-state index contributed by atoms with van der Waals surface area (Å²) in [6.07, 6.45) is 68.5. The first-order chi connectivity index (χ1) is 28.2. The zero-order valence-corrected chi connectivity index (χ0v) is 37.8. The van der Waals surface area contributed by atoms with Crippen LogP contribution < -0.4 is 5.32 Å². The fourth-order valence-corrected chi connectivity index (χ4v) is 7.25. The number of rotatable bonds is 44. The van der Waals surface area contributed by atoms with E-state index in [9.17, 15) is 15.0 Å². The first kappa shape index (κ1) is 54.8. The van der Waals surface area contributed by atoms with E-state index < -0.39 is 12.1 Å². The molecule has 0 radical (unpaired) electrons. The van der Waals surface area contributed by atoms with Crippen molar-refractivity contribution in [2.75, 3.05) is 6.61 Å². The normalized spacial score (nSPS) is 13.5. The largest absolute Gasteiger partial charge is 0.394 e. The third kappa shape index (κ3) is 44.8. The van der Waals surface area contributed by atoms with E-state index in [0.717, 1.165) is 77.0 Å². The van der Waals surface area contributed by atoms with Crippen molar-refractivity contribution < 1.29 is 15.0 Å². The van der Waals surface area contributed by atoms with E-state index in [1.165, 1.54) is 135 Å². The van der Waals surface area contributed by atoms with Crippen LogP contribution in [0.15, 0.2) is 72.9 Å². The predicted molar refractivity (Wildman–Crippen MR) is 253 cm³/mol. The predicted octanol–water partition coefficient (Wildman–Crippen LogP) is 15.9. The van der Waals surface area contributed by atoms with Gasteiger partial charge in [0, 0.05) is 6.42 Å². The number of hydrogen-bond donors (Lipinski definition) is 3. The van der Waals surface area contributed by atoms with Gasteiger partial charge in [-0.05, 0) is 64.2 Å². The highest BCUT2D eigenvalue weighted by molar-refractivity contribution is 5.76. The second kappa shape index (κ2) is 48.2. The second-order valence-electron chi connectivity index (χ2n) is 16.5. The molecule has 0 aromatic heterocycles. The van der Waals surface area contributed by atoms with Crippen LogP contribution in [0.5, 0.6) is 0 Å². The highest BCUT2D eigenvalue weighted by Gasteiger charge is 2.20. The summed E-state index contributed by atoms with van der Waals surface area (Å²) in [6.45, 7) is 4.25. The zero-order valence-electron chi connectivity index (χ0n) is 37.8. The first-order valence-corrected chi connectivity index (χ1v) is 24.6. The summed E-state index contributed by atoms with van der Waals surface area (Å²) in [7, 11) is 0. The first-order valence-electron chi connectivity index (χ1n) is 24.6. The second-order valence-corrected chi connectivity index (χ2v) is 16.5. The molecule has 0 bridgehead atoms. The quantitative estimate of drug-likeness (QED) is 0.0425. The number of allylic oxidation sites excluding steroid dienone is 12. The van der Waals surface area contributed by atoms with Gasteiger partial charge in [0.2, 0.25) is 5.91 Å². The summed E-state index contributed by atoms with van der Waals surface area (Å²) in [6, 6.07) is -0.549. The van der Waals surface area contributed by atoms with Crippen molar-refractivity contribution in [2.45, 2.75) is 251 Å². The van der Waals surface area contributed by atoms with Crippen molar-refractivity contribution in [3.63, 3.8) is 0 Å². The van der Waals surface area contributed by atoms with E-state index in [-0.39, 0.29) is 12.5 Å². The van der Waals surface area contributed by atoms with Crippen LogP contribution >= 0.6 is 0 Å². The molecule has 0 saturated heterocycles. The van der Waals surface area contributed by atoms with Crippen molar-refractivity contribution in [3.05, 3.63) is 72.9 Å². The Hall–Kier alpha value is -2.17. The molecule has 4 heteroatoms. The fraction of sp³-hybridized carbons (Fsp3) is 0.755. The summed E-state index contributed by atoms with van der Waals surface area (Å²) in [5, 5.41) is 23.3. The van der Waals surface area contributed by atoms with E-state index in [1.807, 2.05) is 0 Å². The minimum atomic E-state index is -0.671. The molecule has 1 amide bonds. The Kier molecular flexibility index (Phi) is 46.4. The van der Waals surface area contributed by atoms with Gasteiger partial charge in [-0.25, -0.2) is 0 Å². The smallest absolute Gasteiger partial charge is 0.220 e. The molecule has 2 unspecified atom stereocenters. The van der Waals surface area contributed by atoms with Crippen molar-refractivity contribution in [2.24, 2.45) is 0 Å². The Balaban J connectivity index is 3.58. The number of aliphatic hydroxyl groups excluding tert-OH is 2. The maximum Gasteiger partial charge on any atom is 0.220 e. The van der Waals surface area contributed by atoms with Crippen molar-refractivity contribution in [1.29, 1.82) is 0 Å². The van der Waals surface area contributed by atoms with Gasteiger partial charge in [0.15, 0.2) is 0 Å². The van der Waals surface area contributed by atoms with Gasteiger partial charge in [0.1, 0.15) is 0 Å². The molecule has 330 valence electrons. The van der Waals surface area contributed by atoms with Gasteiger partial charge in [0.05, 0.1) is 18.8 Å². The van der Waals surface area contributed by atoms with Crippen LogP contribution in [0.25, 0.3) is 0 Å². The molecule has 2 atom stereocenters. The maximum absolute atomic E-state index is 12.5. The molecule has 0 saturated carbocycles. The van der Waals surface area contributed by atoms with Gasteiger partial charge >= 0.3 is 0 Å². The molecule has 0 aromatic carbocycles. The van der Waals surface area contributed by atoms with E-state index in [2.05, 4.69) is 92.1 Å². The molecular weight excluding hydrogens is 699 g/mol. The number of carbonyl (C=O) groups is 1. The van der Waals surface area contributed by atoms with Crippen LogP contribution in [-0.4, -0.2) is 34.9 Å². The van der Waals surface area contributed by atoms with Crippen LogP contribution in [0, 0.1) is 0 Å². The highest BCUT2D eigenvalue weighted by atomic mass is 16.3. The Morgan fingerprint density at radius 2 is 0.772 bits per heavy atom. The number of aliphatic hydroxyl groups is 2. The minimum Gasteiger partial charge on any atom is -0.394 e. The van der Waals surface area contributed by atoms with Crippen LogP contribution in [0.2, 0.25) is 0 Å². The summed E-state index contributed by atoms with van der Waals surface area (Å²) in [5.41, 5.74) is 0. The Bertz CT molecular complexity index is 992. The molecule has 0 aliphatic rings. The molecule has 57 heavy (non-hydrogen) atoms. The molecule has 0 heterocycles. The molecule has 0 aliphatic heterocycles. The standard InChI is InChI=1S/C53H95NO3/c1-3-5-7-9-11-13-15-17-19-21-23-25-26-27-28-29-31-33-35-37-39-41-43-45-47-49-53(57)54-51(50-55)52(56)48-46-44-42-40-38-36-34-32-30-24-22-20-18-16-14-12-10-8-6-4-2/h5,7,11,13,17,19,23,25,27-28,31,33,51-52,55-56H,3-4,6,8-10,12,14-16,18,20-22,24,26,29-30,32,34-50H2,1-2H3,(H,54,57)/b7-5-,13-11-,19-17-,25-23-,28-27-,33-31-. The van der Waals surface area contributed by atoms with Gasteiger partial charge in [-0.15, -0.1) is 0 Å². The SMILES string of the molecule is CC/C=C\C/C=C\C/C=C\C/C=C\C/C=C\C/C=C\CCCCCCCCC(=O)NC(CO)C(O)CCCCCCCCCCCCCCCCCCCCCC. The monoisotopic (exact) mass is 794 g/mol. The Labute approximate surface area is 355 Å². The summed E-state index contributed by atoms with van der Waals surface area (Å²) < 4.78 is 0. The van der Waals surface area contributed by atoms with Gasteiger partial charge in [-0.3, -0.25) is 4.79 Å². The van der Waals surface area contributed by atoms with E-state index >= 15 is 0 Å². The lowest BCUT2D eigenvalue weighted by Gasteiger charge is -2.22. The molecular formula is C53H95NO3. The van der Waals surface area contributed by atoms with Crippen molar-refractivity contribution >= 4 is 5.91 Å². The van der Waals surface area contributed by atoms with Crippen LogP contribution in [-0.2, 0) is 4.79 Å². The van der Waals surface area contributed by atoms with Gasteiger partial charge < -0.3 is 15.5 Å². The van der Waals surface area contributed by atoms with Crippen molar-refractivity contribution in [1.82, 2.24) is 5.32 Å². The number of amides is 1. The lowest BCUT2D eigenvalue weighted by atomic mass is 10.0. The number of unbranched alkanes of at least 4 members (excludes halogenated alkanes) is 25. The maximum atomic E-state index is 12.5. The van der Waals surface area contributed by atoms with Gasteiger partial charge in [-0.1, -0.05) is 241 Å². The topological polar surface area (TPSA) is 69.6 Å². The Morgan fingerprint density at radius 1 is 0.439 bits per heavy atom. The van der Waals surface area contributed by atoms with Crippen LogP contribution in [0.4, 0.5) is 0 Å². The van der Waals surface area contributed by atoms with Crippen LogP contribution in [0.3, 0.4) is 0 Å². The molecule has 0 rings (SSSR count). The minimum absolute atomic E-state index is 0.0470. The average molecular weight is 794 g/mol. The highest BCUT2D eigenvalue weighted by Crippen LogP contribution is 2.16. The summed E-state index contributed by atoms with van der Waals surface area (Å²) >= 11 is 0. The van der Waals surface area contributed by atoms with Gasteiger partial charge in [-0.2, -0.15) is 0 Å². The molecule has 0 aliphatic carbocycles. The van der Waals surface area contributed by atoms with E-state index in [4.69, 9.17) is 0 Å². The number of nitrogens with one attached hydrogen (secondary N) is 1. The number of carbonyl (C=O) groups excluding carboxylic acids is 1. The molecule has 0 spiro atoms. The zero-order chi connectivity index (χ0) is 41.4. The number of hydrogen-bond acceptors (Lipinski definition) is 3. The van der Waals surface area contributed by atoms with Crippen molar-refractivity contribution in [3.8, 4) is 0 Å². The average Bonchev–Trinajstić information content (AvgIpc) is 3.22. The molecule has 4 nitrogen and oxygen atoms in total. The lowest BCUT2D eigenvalue weighted by molar-refractivity contribution is -0.123. The third-order valence-corrected chi connectivity index (χ3v) is 11.0. The molecule has 0 aromatic rings. The van der Waals surface area contributed by atoms with E-state index in [0.29, 0.717) is 12.8 Å². The summed E-state index contributed by atoms with van der Waals surface area (Å²) in [5.74, 6) is -0.0470. The van der Waals surface area contributed by atoms with E-state index in [1.54, 1.807) is 0 Å². The van der Waals surface area contributed by atoms with Gasteiger partial charge in [0.25, 0.3) is 0 Å². The third-order valence-electron chi connectivity index (χ3n) is 11.0. The molecule has 0 fully saturated rings. The fourth-order valence-electron chi connectivity index (χ4n) is 7.25. The summed E-state index contributed by atoms with van der Waals surface area (Å²) in [4.78, 5) is 12.5. The lowest BCUT2D eigenvalue weighted by Crippen LogP contribution is -2.45.